The molecule has 2 N–H and O–H groups in total. The van der Waals surface area contributed by atoms with Gasteiger partial charge in [-0.3, -0.25) is 0 Å². The fraction of sp³-hybridized carbons (Fsp3) is 1.00. The van der Waals surface area contributed by atoms with Gasteiger partial charge in [0.2, 0.25) is 0 Å². The van der Waals surface area contributed by atoms with Crippen molar-refractivity contribution in [2.45, 2.75) is 13.8 Å². The van der Waals surface area contributed by atoms with Crippen molar-refractivity contribution in [3.8, 4) is 0 Å². The zero-order valence-electron chi connectivity index (χ0n) is 6.54. The average molecular weight is 184 g/mol. The van der Waals surface area contributed by atoms with Crippen LogP contribution in [0.25, 0.3) is 0 Å². The van der Waals surface area contributed by atoms with Gasteiger partial charge in [-0.25, -0.2) is 0 Å². The van der Waals surface area contributed by atoms with Crippen LogP contribution in [0.5, 0.6) is 0 Å². The van der Waals surface area contributed by atoms with Crippen LogP contribution in [0.4, 0.5) is 0 Å². The monoisotopic (exact) mass is 184 g/mol. The van der Waals surface area contributed by atoms with Crippen LogP contribution in [0.15, 0.2) is 0 Å². The van der Waals surface area contributed by atoms with E-state index in [0.717, 1.165) is 23.0 Å². The van der Waals surface area contributed by atoms with Gasteiger partial charge in [0.15, 0.2) is 11.5 Å². The van der Waals surface area contributed by atoms with Crippen LogP contribution in [-0.4, -0.2) is 32.1 Å². The van der Waals surface area contributed by atoms with Crippen molar-refractivity contribution < 1.29 is 9.11 Å². The van der Waals surface area contributed by atoms with Gasteiger partial charge in [0.05, 0.1) is 0 Å². The van der Waals surface area contributed by atoms with Crippen LogP contribution >= 0.6 is 0 Å². The van der Waals surface area contributed by atoms with E-state index in [2.05, 4.69) is 0 Å². The maximum absolute atomic E-state index is 9.12. The Labute approximate surface area is 68.8 Å². The third-order valence-electron chi connectivity index (χ3n) is 1.22. The highest BCUT2D eigenvalue weighted by molar-refractivity contribution is 7.95. The Kier molecular flexibility index (Phi) is 6.73. The smallest absolute Gasteiger partial charge is 0.187 e. The SMILES string of the molecule is CC[S+](O)CC[S+](O)CC. The van der Waals surface area contributed by atoms with Crippen LogP contribution in [0.2, 0.25) is 0 Å². The molecule has 0 heterocycles. The Hall–Kier alpha value is 0.620. The zero-order chi connectivity index (χ0) is 7.98. The molecule has 0 aliphatic heterocycles. The predicted octanol–water partition coefficient (Wildman–Crippen LogP) is 1.21. The van der Waals surface area contributed by atoms with Gasteiger partial charge in [-0.05, 0) is 13.8 Å². The molecule has 0 aromatic heterocycles. The summed E-state index contributed by atoms with van der Waals surface area (Å²) in [7, 11) is 0. The summed E-state index contributed by atoms with van der Waals surface area (Å²) in [6.45, 7) is 3.93. The zero-order valence-corrected chi connectivity index (χ0v) is 8.17. The van der Waals surface area contributed by atoms with Crippen molar-refractivity contribution in [1.29, 1.82) is 0 Å². The highest BCUT2D eigenvalue weighted by Crippen LogP contribution is 1.95. The molecule has 0 fully saturated rings. The third kappa shape index (κ3) is 5.41. The first kappa shape index (κ1) is 10.6. The second-order valence-electron chi connectivity index (χ2n) is 1.91. The lowest BCUT2D eigenvalue weighted by molar-refractivity contribution is 0.631. The molecule has 0 saturated carbocycles. The molecule has 0 aliphatic rings. The minimum absolute atomic E-state index is 0.452. The summed E-state index contributed by atoms with van der Waals surface area (Å²) in [5.74, 6) is 3.18. The van der Waals surface area contributed by atoms with Crippen LogP contribution in [0.1, 0.15) is 13.8 Å². The molecule has 2 unspecified atom stereocenters. The van der Waals surface area contributed by atoms with E-state index in [4.69, 9.17) is 9.11 Å². The maximum atomic E-state index is 9.12. The molecule has 0 amide bonds. The first-order valence-electron chi connectivity index (χ1n) is 3.43. The maximum Gasteiger partial charge on any atom is 0.188 e. The predicted molar refractivity (Wildman–Crippen MR) is 50.8 cm³/mol. The largest absolute Gasteiger partial charge is 0.188 e. The highest BCUT2D eigenvalue weighted by atomic mass is 32.2. The normalized spacial score (nSPS) is 16.8. The first-order valence-corrected chi connectivity index (χ1v) is 6.47. The molecule has 62 valence electrons. The third-order valence-corrected chi connectivity index (χ3v) is 4.16. The molecule has 0 rings (SSSR count). The van der Waals surface area contributed by atoms with Crippen molar-refractivity contribution in [1.82, 2.24) is 0 Å². The van der Waals surface area contributed by atoms with Crippen LogP contribution in [0, 0.1) is 0 Å². The molecule has 0 aromatic carbocycles. The fourth-order valence-corrected chi connectivity index (χ4v) is 2.60. The number of hydrogen-bond donors (Lipinski definition) is 2. The van der Waals surface area contributed by atoms with Gasteiger partial charge < -0.3 is 0 Å². The summed E-state index contributed by atoms with van der Waals surface area (Å²) in [4.78, 5) is 0. The van der Waals surface area contributed by atoms with E-state index < -0.39 is 22.4 Å². The van der Waals surface area contributed by atoms with Gasteiger partial charge in [-0.15, -0.1) is 0 Å². The lowest BCUT2D eigenvalue weighted by atomic mass is 10.9. The Balaban J connectivity index is 3.17. The minimum Gasteiger partial charge on any atom is -0.187 e. The van der Waals surface area contributed by atoms with Crippen molar-refractivity contribution in [3.05, 3.63) is 0 Å². The van der Waals surface area contributed by atoms with Crippen LogP contribution < -0.4 is 0 Å². The van der Waals surface area contributed by atoms with Gasteiger partial charge in [-0.2, -0.15) is 9.11 Å². The van der Waals surface area contributed by atoms with Gasteiger partial charge in [0.1, 0.15) is 33.9 Å². The topological polar surface area (TPSA) is 40.5 Å². The van der Waals surface area contributed by atoms with Crippen molar-refractivity contribution in [2.24, 2.45) is 0 Å². The molecule has 0 spiro atoms. The summed E-state index contributed by atoms with van der Waals surface area (Å²) < 4.78 is 18.2. The molecule has 0 bridgehead atoms. The summed E-state index contributed by atoms with van der Waals surface area (Å²) >= 11 is -0.904. The molecule has 0 saturated heterocycles. The molecule has 2 nitrogen and oxygen atoms in total. The molecular formula is C6H16O2S2+2. The van der Waals surface area contributed by atoms with E-state index in [-0.39, 0.29) is 0 Å². The summed E-state index contributed by atoms with van der Waals surface area (Å²) in [6.07, 6.45) is 0. The summed E-state index contributed by atoms with van der Waals surface area (Å²) in [5, 5.41) is 0. The molecule has 2 atom stereocenters. The van der Waals surface area contributed by atoms with Gasteiger partial charge in [-0.1, -0.05) is 0 Å². The quantitative estimate of drug-likeness (QED) is 0.631. The van der Waals surface area contributed by atoms with E-state index in [0.29, 0.717) is 0 Å². The van der Waals surface area contributed by atoms with Crippen molar-refractivity contribution in [3.63, 3.8) is 0 Å². The molecule has 0 radical (unpaired) electrons. The minimum atomic E-state index is -0.452. The van der Waals surface area contributed by atoms with E-state index in [9.17, 15) is 0 Å². The summed E-state index contributed by atoms with van der Waals surface area (Å²) in [6, 6.07) is 0. The Morgan fingerprint density at radius 3 is 1.40 bits per heavy atom. The number of hydrogen-bond acceptors (Lipinski definition) is 2. The summed E-state index contributed by atoms with van der Waals surface area (Å²) in [5.41, 5.74) is 0. The molecule has 0 aliphatic carbocycles. The molecular weight excluding hydrogens is 168 g/mol. The second-order valence-corrected chi connectivity index (χ2v) is 5.73. The second kappa shape index (κ2) is 6.34. The average Bonchev–Trinajstić information content (AvgIpc) is 1.99. The lowest BCUT2D eigenvalue weighted by Crippen LogP contribution is -2.19. The highest BCUT2D eigenvalue weighted by Gasteiger charge is 2.20. The van der Waals surface area contributed by atoms with Gasteiger partial charge >= 0.3 is 0 Å². The number of rotatable bonds is 5. The van der Waals surface area contributed by atoms with Gasteiger partial charge in [0, 0.05) is 0 Å². The van der Waals surface area contributed by atoms with Crippen molar-refractivity contribution in [2.75, 3.05) is 23.0 Å². The van der Waals surface area contributed by atoms with E-state index in [1.807, 2.05) is 13.8 Å². The van der Waals surface area contributed by atoms with E-state index in [1.54, 1.807) is 0 Å². The van der Waals surface area contributed by atoms with E-state index >= 15 is 0 Å². The van der Waals surface area contributed by atoms with Crippen LogP contribution in [-0.2, 0) is 22.4 Å². The standard InChI is InChI=1S/C6H16O2S2/c1-3-9(7)5-6-10(8)4-2/h7-8H,3-6H2,1-2H3/q+2. The first-order chi connectivity index (χ1) is 4.70. The van der Waals surface area contributed by atoms with Crippen molar-refractivity contribution >= 4 is 22.4 Å². The fourth-order valence-electron chi connectivity index (χ4n) is 0.481. The molecule has 10 heavy (non-hydrogen) atoms. The van der Waals surface area contributed by atoms with Crippen LogP contribution in [0.3, 0.4) is 0 Å². The van der Waals surface area contributed by atoms with Gasteiger partial charge in [0.25, 0.3) is 0 Å². The Bertz CT molecular complexity index is 70.1. The molecule has 4 heteroatoms. The Morgan fingerprint density at radius 2 is 1.20 bits per heavy atom. The lowest BCUT2D eigenvalue weighted by Gasteiger charge is -1.94. The Morgan fingerprint density at radius 1 is 0.900 bits per heavy atom. The molecule has 0 aromatic rings. The van der Waals surface area contributed by atoms with E-state index in [1.165, 1.54) is 0 Å².